The summed E-state index contributed by atoms with van der Waals surface area (Å²) < 4.78 is 15.4. The third kappa shape index (κ3) is 2.87. The molecule has 4 nitrogen and oxygen atoms in total. The lowest BCUT2D eigenvalue weighted by Crippen LogP contribution is -2.53. The van der Waals surface area contributed by atoms with Gasteiger partial charge in [0.25, 0.3) is 0 Å². The number of hydrogen-bond donors (Lipinski definition) is 0. The quantitative estimate of drug-likeness (QED) is 0.750. The fourth-order valence-corrected chi connectivity index (χ4v) is 5.37. The lowest BCUT2D eigenvalue weighted by atomic mass is 9.58. The van der Waals surface area contributed by atoms with Crippen molar-refractivity contribution in [2.24, 2.45) is 11.8 Å². The lowest BCUT2D eigenvalue weighted by molar-refractivity contribution is -0.143. The van der Waals surface area contributed by atoms with Crippen LogP contribution in [0.1, 0.15) is 50.4 Å². The van der Waals surface area contributed by atoms with E-state index < -0.39 is 0 Å². The molecule has 3 aliphatic rings. The van der Waals surface area contributed by atoms with Gasteiger partial charge in [0.15, 0.2) is 0 Å². The van der Waals surface area contributed by atoms with Gasteiger partial charge in [-0.25, -0.2) is 4.39 Å². The Labute approximate surface area is 164 Å². The molecule has 3 fully saturated rings. The molecule has 1 aromatic carbocycles. The summed E-state index contributed by atoms with van der Waals surface area (Å²) in [4.78, 5) is 15.1. The monoisotopic (exact) mass is 389 g/mol. The molecular formula is C21H25ClFN3O. The molecule has 0 N–H and O–H groups in total. The summed E-state index contributed by atoms with van der Waals surface area (Å²) in [5, 5.41) is 4.86. The Balaban J connectivity index is 1.57. The summed E-state index contributed by atoms with van der Waals surface area (Å²) >= 11 is 6.15. The van der Waals surface area contributed by atoms with Gasteiger partial charge in [0, 0.05) is 42.0 Å². The van der Waals surface area contributed by atoms with E-state index in [0.717, 1.165) is 24.8 Å². The summed E-state index contributed by atoms with van der Waals surface area (Å²) in [5.74, 6) is 0.228. The molecule has 3 atom stereocenters. The maximum absolute atomic E-state index is 13.3. The van der Waals surface area contributed by atoms with E-state index in [4.69, 9.17) is 11.6 Å². The highest BCUT2D eigenvalue weighted by molar-refractivity contribution is 6.31. The van der Waals surface area contributed by atoms with Crippen LogP contribution in [0.4, 0.5) is 4.39 Å². The first-order valence-electron chi connectivity index (χ1n) is 9.56. The number of benzene rings is 1. The van der Waals surface area contributed by atoms with Crippen LogP contribution in [0, 0.1) is 17.7 Å². The first-order chi connectivity index (χ1) is 12.8. The molecule has 2 bridgehead atoms. The number of rotatable bonds is 5. The SMILES string of the molecule is CC(C)n1nccc1C12CCC(C1)C2C(=O)N(C)Cc1ccc(F)cc1Cl. The number of carbonyl (C=O) groups excluding carboxylic acids is 1. The van der Waals surface area contributed by atoms with Crippen LogP contribution in [0.2, 0.25) is 5.02 Å². The summed E-state index contributed by atoms with van der Waals surface area (Å²) in [5.41, 5.74) is 1.86. The molecule has 3 unspecified atom stereocenters. The Morgan fingerprint density at radius 2 is 2.22 bits per heavy atom. The van der Waals surface area contributed by atoms with Crippen molar-refractivity contribution in [3.8, 4) is 0 Å². The van der Waals surface area contributed by atoms with Gasteiger partial charge in [0.1, 0.15) is 5.82 Å². The van der Waals surface area contributed by atoms with Gasteiger partial charge in [-0.15, -0.1) is 0 Å². The van der Waals surface area contributed by atoms with Crippen molar-refractivity contribution in [1.29, 1.82) is 0 Å². The average molecular weight is 390 g/mol. The number of nitrogens with zero attached hydrogens (tertiary/aromatic N) is 3. The number of halogens is 2. The Bertz CT molecular complexity index is 876. The van der Waals surface area contributed by atoms with Gasteiger partial charge in [-0.05, 0) is 62.8 Å². The van der Waals surface area contributed by atoms with Gasteiger partial charge in [-0.3, -0.25) is 9.48 Å². The minimum Gasteiger partial charge on any atom is -0.341 e. The van der Waals surface area contributed by atoms with Crippen LogP contribution in [0.3, 0.4) is 0 Å². The zero-order valence-electron chi connectivity index (χ0n) is 16.0. The lowest BCUT2D eigenvalue weighted by Gasteiger charge is -2.48. The van der Waals surface area contributed by atoms with Gasteiger partial charge in [0.05, 0.1) is 5.92 Å². The average Bonchev–Trinajstić information content (AvgIpc) is 3.30. The van der Waals surface area contributed by atoms with E-state index in [1.165, 1.54) is 17.8 Å². The van der Waals surface area contributed by atoms with E-state index in [2.05, 4.69) is 29.7 Å². The summed E-state index contributed by atoms with van der Waals surface area (Å²) in [6.45, 7) is 4.64. The topological polar surface area (TPSA) is 38.1 Å². The number of carbonyl (C=O) groups is 1. The van der Waals surface area contributed by atoms with E-state index in [1.54, 1.807) is 11.0 Å². The van der Waals surface area contributed by atoms with E-state index in [-0.39, 0.29) is 29.1 Å². The fourth-order valence-electron chi connectivity index (χ4n) is 5.14. The molecule has 5 rings (SSSR count). The van der Waals surface area contributed by atoms with E-state index in [1.807, 2.05) is 13.2 Å². The van der Waals surface area contributed by atoms with Crippen molar-refractivity contribution in [3.63, 3.8) is 0 Å². The maximum Gasteiger partial charge on any atom is 0.226 e. The number of fused-ring (bicyclic) bond motifs is 1. The van der Waals surface area contributed by atoms with Crippen molar-refractivity contribution in [3.05, 3.63) is 52.6 Å². The maximum atomic E-state index is 13.3. The molecule has 1 amide bonds. The highest BCUT2D eigenvalue weighted by Crippen LogP contribution is 2.64. The minimum absolute atomic E-state index is 0.00377. The van der Waals surface area contributed by atoms with Crippen molar-refractivity contribution in [2.75, 3.05) is 7.05 Å². The highest BCUT2D eigenvalue weighted by Gasteiger charge is 2.64. The molecule has 27 heavy (non-hydrogen) atoms. The van der Waals surface area contributed by atoms with Crippen LogP contribution in [0.15, 0.2) is 30.5 Å². The number of hydrogen-bond acceptors (Lipinski definition) is 2. The molecule has 0 aliphatic heterocycles. The second-order valence-electron chi connectivity index (χ2n) is 8.32. The van der Waals surface area contributed by atoms with Crippen LogP contribution in [-0.2, 0) is 16.8 Å². The Morgan fingerprint density at radius 1 is 1.44 bits per heavy atom. The molecule has 0 radical (unpaired) electrons. The zero-order chi connectivity index (χ0) is 19.3. The number of aromatic nitrogens is 2. The molecule has 144 valence electrons. The second kappa shape index (κ2) is 6.62. The summed E-state index contributed by atoms with van der Waals surface area (Å²) in [6, 6.07) is 6.69. The minimum atomic E-state index is -0.365. The molecule has 1 heterocycles. The largest absolute Gasteiger partial charge is 0.341 e. The van der Waals surface area contributed by atoms with Crippen molar-refractivity contribution < 1.29 is 9.18 Å². The van der Waals surface area contributed by atoms with E-state index in [9.17, 15) is 9.18 Å². The van der Waals surface area contributed by atoms with Gasteiger partial charge >= 0.3 is 0 Å². The van der Waals surface area contributed by atoms with Crippen LogP contribution >= 0.6 is 11.6 Å². The fraction of sp³-hybridized carbons (Fsp3) is 0.524. The molecule has 6 heteroatoms. The third-order valence-electron chi connectivity index (χ3n) is 6.39. The van der Waals surface area contributed by atoms with Gasteiger partial charge in [-0.2, -0.15) is 5.10 Å². The highest BCUT2D eigenvalue weighted by atomic mass is 35.5. The zero-order valence-corrected chi connectivity index (χ0v) is 16.7. The van der Waals surface area contributed by atoms with Crippen molar-refractivity contribution >= 4 is 17.5 Å². The van der Waals surface area contributed by atoms with Gasteiger partial charge in [0.2, 0.25) is 5.91 Å². The van der Waals surface area contributed by atoms with Crippen LogP contribution < -0.4 is 0 Å². The van der Waals surface area contributed by atoms with Gasteiger partial charge < -0.3 is 4.90 Å². The summed E-state index contributed by atoms with van der Waals surface area (Å²) in [7, 11) is 1.81. The second-order valence-corrected chi connectivity index (χ2v) is 8.73. The first-order valence-corrected chi connectivity index (χ1v) is 9.94. The molecule has 1 aromatic heterocycles. The van der Waals surface area contributed by atoms with E-state index in [0.29, 0.717) is 17.5 Å². The molecule has 3 aliphatic carbocycles. The first kappa shape index (κ1) is 18.5. The Hall–Kier alpha value is -1.88. The van der Waals surface area contributed by atoms with E-state index >= 15 is 0 Å². The molecular weight excluding hydrogens is 365 g/mol. The molecule has 3 saturated carbocycles. The number of amides is 1. The normalized spacial score (nSPS) is 26.3. The predicted octanol–water partition coefficient (Wildman–Crippen LogP) is 4.58. The smallest absolute Gasteiger partial charge is 0.226 e. The summed E-state index contributed by atoms with van der Waals surface area (Å²) in [6.07, 6.45) is 5.04. The van der Waals surface area contributed by atoms with Gasteiger partial charge in [-0.1, -0.05) is 17.7 Å². The Morgan fingerprint density at radius 3 is 2.89 bits per heavy atom. The molecule has 0 saturated heterocycles. The molecule has 2 aromatic rings. The Kier molecular flexibility index (Phi) is 4.53. The van der Waals surface area contributed by atoms with Crippen LogP contribution in [0.25, 0.3) is 0 Å². The third-order valence-corrected chi connectivity index (χ3v) is 6.74. The van der Waals surface area contributed by atoms with Crippen molar-refractivity contribution in [1.82, 2.24) is 14.7 Å². The van der Waals surface area contributed by atoms with Crippen molar-refractivity contribution in [2.45, 2.75) is 51.1 Å². The van der Waals surface area contributed by atoms with Crippen LogP contribution in [0.5, 0.6) is 0 Å². The molecule has 0 spiro atoms. The van der Waals surface area contributed by atoms with Crippen LogP contribution in [-0.4, -0.2) is 27.6 Å². The predicted molar refractivity (Wildman–Crippen MR) is 103 cm³/mol. The standard InChI is InChI=1S/C21H25ClFN3O/c1-13(2)26-18(7-9-24-26)21-8-6-14(11-21)19(21)20(27)25(3)12-15-4-5-16(23)10-17(15)22/h4-5,7,9-10,13-14,19H,6,8,11-12H2,1-3H3.